The topological polar surface area (TPSA) is 44.5 Å². The average molecular weight is 302 g/mol. The normalized spacial score (nSPS) is 20.9. The van der Waals surface area contributed by atoms with E-state index in [1.54, 1.807) is 6.07 Å². The fourth-order valence-electron chi connectivity index (χ4n) is 1.97. The highest BCUT2D eigenvalue weighted by atomic mass is 35.5. The van der Waals surface area contributed by atoms with Gasteiger partial charge in [0.1, 0.15) is 0 Å². The van der Waals surface area contributed by atoms with E-state index in [9.17, 15) is 0 Å². The Labute approximate surface area is 124 Å². The van der Waals surface area contributed by atoms with Crippen LogP contribution in [0.4, 0.5) is 5.69 Å². The van der Waals surface area contributed by atoms with Crippen molar-refractivity contribution >= 4 is 41.5 Å². The van der Waals surface area contributed by atoms with Crippen molar-refractivity contribution in [2.45, 2.75) is 45.8 Å². The lowest BCUT2D eigenvalue weighted by molar-refractivity contribution is 0.00578. The minimum atomic E-state index is -0.486. The largest absolute Gasteiger partial charge is 0.495 e. The Hall–Kier alpha value is -0.415. The molecule has 0 unspecified atom stereocenters. The van der Waals surface area contributed by atoms with Gasteiger partial charge in [-0.25, -0.2) is 0 Å². The summed E-state index contributed by atoms with van der Waals surface area (Å²) in [6.07, 6.45) is 0. The molecule has 0 saturated carbocycles. The molecule has 0 aliphatic carbocycles. The van der Waals surface area contributed by atoms with Crippen molar-refractivity contribution in [2.75, 3.05) is 5.73 Å². The van der Waals surface area contributed by atoms with Gasteiger partial charge >= 0.3 is 7.12 Å². The van der Waals surface area contributed by atoms with E-state index in [-0.39, 0.29) is 0 Å². The second kappa shape index (κ2) is 4.56. The van der Waals surface area contributed by atoms with E-state index in [1.807, 2.05) is 34.6 Å². The maximum Gasteiger partial charge on any atom is 0.495 e. The highest BCUT2D eigenvalue weighted by Crippen LogP contribution is 2.38. The third-order valence-corrected chi connectivity index (χ3v) is 4.85. The molecule has 2 rings (SSSR count). The van der Waals surface area contributed by atoms with Gasteiger partial charge in [0.05, 0.1) is 26.9 Å². The molecule has 1 saturated heterocycles. The first kappa shape index (κ1) is 15.0. The SMILES string of the molecule is Cc1c(B2OC(C)(C)C(C)(C)O2)cc(Cl)c(N)c1Cl. The van der Waals surface area contributed by atoms with Crippen molar-refractivity contribution in [3.05, 3.63) is 21.7 Å². The van der Waals surface area contributed by atoms with E-state index in [0.29, 0.717) is 15.7 Å². The van der Waals surface area contributed by atoms with E-state index in [2.05, 4.69) is 0 Å². The Kier molecular flexibility index (Phi) is 3.59. The first-order valence-electron chi connectivity index (χ1n) is 6.16. The predicted octanol–water partition coefficient (Wildman–Crippen LogP) is 3.18. The van der Waals surface area contributed by atoms with E-state index in [0.717, 1.165) is 11.0 Å². The summed E-state index contributed by atoms with van der Waals surface area (Å²) in [5, 5.41) is 0.873. The van der Waals surface area contributed by atoms with Crippen LogP contribution >= 0.6 is 23.2 Å². The third kappa shape index (κ3) is 2.36. The molecule has 0 bridgehead atoms. The van der Waals surface area contributed by atoms with Crippen LogP contribution in [0.1, 0.15) is 33.3 Å². The van der Waals surface area contributed by atoms with Crippen LogP contribution in [0.25, 0.3) is 0 Å². The lowest BCUT2D eigenvalue weighted by Gasteiger charge is -2.32. The lowest BCUT2D eigenvalue weighted by Crippen LogP contribution is -2.41. The van der Waals surface area contributed by atoms with Crippen molar-refractivity contribution in [1.82, 2.24) is 0 Å². The lowest BCUT2D eigenvalue weighted by atomic mass is 9.76. The summed E-state index contributed by atoms with van der Waals surface area (Å²) >= 11 is 12.3. The molecule has 0 radical (unpaired) electrons. The first-order chi connectivity index (χ1) is 8.57. The van der Waals surface area contributed by atoms with Gasteiger partial charge in [0.25, 0.3) is 0 Å². The third-order valence-electron chi connectivity index (χ3n) is 4.05. The van der Waals surface area contributed by atoms with Crippen molar-refractivity contribution in [3.8, 4) is 0 Å². The van der Waals surface area contributed by atoms with Gasteiger partial charge < -0.3 is 15.0 Å². The molecule has 19 heavy (non-hydrogen) atoms. The van der Waals surface area contributed by atoms with Crippen molar-refractivity contribution in [1.29, 1.82) is 0 Å². The first-order valence-corrected chi connectivity index (χ1v) is 6.92. The molecule has 1 aromatic rings. The number of hydrogen-bond acceptors (Lipinski definition) is 3. The standard InChI is InChI=1S/C13H18BCl2NO2/c1-7-8(6-9(15)11(17)10(7)16)14-18-12(2,3)13(4,5)19-14/h6H,17H2,1-5H3. The van der Waals surface area contributed by atoms with Crippen molar-refractivity contribution in [3.63, 3.8) is 0 Å². The van der Waals surface area contributed by atoms with E-state index >= 15 is 0 Å². The van der Waals surface area contributed by atoms with Gasteiger partial charge in [-0.2, -0.15) is 0 Å². The maximum absolute atomic E-state index is 6.19. The zero-order valence-electron chi connectivity index (χ0n) is 11.8. The van der Waals surface area contributed by atoms with Crippen LogP contribution in [0.2, 0.25) is 10.0 Å². The summed E-state index contributed by atoms with van der Waals surface area (Å²) in [7, 11) is -0.486. The maximum atomic E-state index is 6.19. The molecule has 1 fully saturated rings. The zero-order chi connectivity index (χ0) is 14.6. The fraction of sp³-hybridized carbons (Fsp3) is 0.538. The number of nitrogen functional groups attached to an aromatic ring is 1. The van der Waals surface area contributed by atoms with Crippen LogP contribution in [-0.2, 0) is 9.31 Å². The highest BCUT2D eigenvalue weighted by Gasteiger charge is 2.52. The molecule has 0 amide bonds. The van der Waals surface area contributed by atoms with Crippen LogP contribution in [0.15, 0.2) is 6.07 Å². The Bertz CT molecular complexity index is 516. The van der Waals surface area contributed by atoms with Crippen LogP contribution in [0, 0.1) is 6.92 Å². The minimum absolute atomic E-state index is 0.390. The van der Waals surface area contributed by atoms with Crippen LogP contribution in [-0.4, -0.2) is 18.3 Å². The van der Waals surface area contributed by atoms with Gasteiger partial charge in [-0.1, -0.05) is 23.2 Å². The smallest absolute Gasteiger partial charge is 0.399 e. The summed E-state index contributed by atoms with van der Waals surface area (Å²) in [6.45, 7) is 9.90. The van der Waals surface area contributed by atoms with Gasteiger partial charge in [0.15, 0.2) is 0 Å². The molecular weight excluding hydrogens is 284 g/mol. The van der Waals surface area contributed by atoms with Gasteiger partial charge in [-0.15, -0.1) is 0 Å². The summed E-state index contributed by atoms with van der Waals surface area (Å²) in [5.74, 6) is 0. The predicted molar refractivity (Wildman–Crippen MR) is 81.3 cm³/mol. The van der Waals surface area contributed by atoms with Gasteiger partial charge in [-0.3, -0.25) is 0 Å². The molecule has 104 valence electrons. The molecule has 1 aliphatic heterocycles. The number of rotatable bonds is 1. The molecular formula is C13H18BCl2NO2. The monoisotopic (exact) mass is 301 g/mol. The molecule has 1 heterocycles. The molecule has 0 spiro atoms. The molecule has 3 nitrogen and oxygen atoms in total. The minimum Gasteiger partial charge on any atom is -0.399 e. The van der Waals surface area contributed by atoms with Gasteiger partial charge in [0, 0.05) is 0 Å². The average Bonchev–Trinajstić information content (AvgIpc) is 2.50. The molecule has 0 atom stereocenters. The molecule has 2 N–H and O–H groups in total. The summed E-state index contributed by atoms with van der Waals surface area (Å²) in [6, 6.07) is 1.76. The number of nitrogens with two attached hydrogens (primary N) is 1. The van der Waals surface area contributed by atoms with E-state index in [1.165, 1.54) is 0 Å². The highest BCUT2D eigenvalue weighted by molar-refractivity contribution is 6.63. The second-order valence-corrected chi connectivity index (χ2v) is 6.67. The van der Waals surface area contributed by atoms with Gasteiger partial charge in [0.2, 0.25) is 0 Å². The van der Waals surface area contributed by atoms with Crippen LogP contribution < -0.4 is 11.2 Å². The van der Waals surface area contributed by atoms with Gasteiger partial charge in [-0.05, 0) is 51.7 Å². The number of hydrogen-bond donors (Lipinski definition) is 1. The van der Waals surface area contributed by atoms with Crippen LogP contribution in [0.3, 0.4) is 0 Å². The Morgan fingerprint density at radius 1 is 1.11 bits per heavy atom. The molecule has 1 aromatic carbocycles. The molecule has 0 aromatic heterocycles. The Balaban J connectivity index is 2.46. The van der Waals surface area contributed by atoms with Crippen LogP contribution in [0.5, 0.6) is 0 Å². The summed E-state index contributed by atoms with van der Waals surface area (Å²) < 4.78 is 12.0. The Morgan fingerprint density at radius 3 is 2.05 bits per heavy atom. The number of anilines is 1. The quantitative estimate of drug-likeness (QED) is 0.640. The Morgan fingerprint density at radius 2 is 1.58 bits per heavy atom. The number of halogens is 2. The fourth-order valence-corrected chi connectivity index (χ4v) is 2.44. The second-order valence-electron chi connectivity index (χ2n) is 5.89. The summed E-state index contributed by atoms with van der Waals surface area (Å²) in [4.78, 5) is 0. The molecule has 6 heteroatoms. The number of benzene rings is 1. The van der Waals surface area contributed by atoms with Crippen molar-refractivity contribution in [2.24, 2.45) is 0 Å². The van der Waals surface area contributed by atoms with E-state index in [4.69, 9.17) is 38.2 Å². The van der Waals surface area contributed by atoms with Crippen molar-refractivity contribution < 1.29 is 9.31 Å². The van der Waals surface area contributed by atoms with E-state index < -0.39 is 18.3 Å². The zero-order valence-corrected chi connectivity index (χ0v) is 13.3. The molecule has 1 aliphatic rings. The summed E-state index contributed by atoms with van der Waals surface area (Å²) in [5.41, 5.74) is 7.06.